The molecule has 0 amide bonds. The van der Waals surface area contributed by atoms with Crippen molar-refractivity contribution in [2.75, 3.05) is 10.6 Å². The van der Waals surface area contributed by atoms with E-state index in [1.165, 1.54) is 0 Å². The number of aromatic hydroxyl groups is 1. The molecule has 0 aromatic heterocycles. The van der Waals surface area contributed by atoms with Gasteiger partial charge in [-0.2, -0.15) is 0 Å². The third-order valence-electron chi connectivity index (χ3n) is 5.88. The summed E-state index contributed by atoms with van der Waals surface area (Å²) in [4.78, 5) is 13.4. The highest BCUT2D eigenvalue weighted by atomic mass is 35.5. The molecule has 150 valence electrons. The van der Waals surface area contributed by atoms with E-state index in [9.17, 15) is 9.90 Å². The first-order chi connectivity index (χ1) is 14.6. The zero-order valence-electron chi connectivity index (χ0n) is 16.2. The fourth-order valence-corrected chi connectivity index (χ4v) is 4.73. The number of nitrogens with one attached hydrogen (secondary N) is 2. The molecule has 30 heavy (non-hydrogen) atoms. The van der Waals surface area contributed by atoms with Crippen molar-refractivity contribution in [2.45, 2.75) is 24.8 Å². The average Bonchev–Trinajstić information content (AvgIpc) is 2.91. The van der Waals surface area contributed by atoms with Crippen LogP contribution in [-0.2, 0) is 4.79 Å². The number of carbonyl (C=O) groups is 1. The van der Waals surface area contributed by atoms with Crippen molar-refractivity contribution in [3.63, 3.8) is 0 Å². The maximum atomic E-state index is 13.4. The molecular weight excluding hydrogens is 396 g/mol. The topological polar surface area (TPSA) is 61.4 Å². The molecule has 5 heteroatoms. The quantitative estimate of drug-likeness (QED) is 0.477. The Bertz CT molecular complexity index is 1150. The zero-order valence-corrected chi connectivity index (χ0v) is 17.0. The minimum atomic E-state index is -0.295. The van der Waals surface area contributed by atoms with Crippen molar-refractivity contribution >= 4 is 28.8 Å². The molecule has 3 N–H and O–H groups in total. The molecule has 0 saturated heterocycles. The van der Waals surface area contributed by atoms with E-state index >= 15 is 0 Å². The largest absolute Gasteiger partial charge is 0.508 e. The third kappa shape index (κ3) is 3.33. The lowest BCUT2D eigenvalue weighted by Crippen LogP contribution is -2.27. The molecule has 4 nitrogen and oxygen atoms in total. The SMILES string of the molecule is O=C1CC(c2ccccc2Cl)CC2=C1C(c1ccc(O)cc1)Nc1ccccc1N2. The third-order valence-corrected chi connectivity index (χ3v) is 6.22. The number of halogens is 1. The minimum Gasteiger partial charge on any atom is -0.508 e. The lowest BCUT2D eigenvalue weighted by atomic mass is 9.78. The second kappa shape index (κ2) is 7.54. The summed E-state index contributed by atoms with van der Waals surface area (Å²) in [5.41, 5.74) is 5.49. The van der Waals surface area contributed by atoms with Gasteiger partial charge in [0.05, 0.1) is 17.4 Å². The Hall–Kier alpha value is -3.24. The van der Waals surface area contributed by atoms with Crippen LogP contribution in [-0.4, -0.2) is 10.9 Å². The molecule has 3 aromatic carbocycles. The van der Waals surface area contributed by atoms with E-state index < -0.39 is 0 Å². The van der Waals surface area contributed by atoms with E-state index in [0.29, 0.717) is 17.9 Å². The number of ketones is 1. The lowest BCUT2D eigenvalue weighted by Gasteiger charge is -2.30. The highest BCUT2D eigenvalue weighted by Crippen LogP contribution is 2.45. The smallest absolute Gasteiger partial charge is 0.163 e. The van der Waals surface area contributed by atoms with E-state index in [1.807, 2.05) is 60.7 Å². The van der Waals surface area contributed by atoms with Gasteiger partial charge in [0.15, 0.2) is 5.78 Å². The van der Waals surface area contributed by atoms with E-state index in [4.69, 9.17) is 11.6 Å². The van der Waals surface area contributed by atoms with Crippen LogP contribution in [0.15, 0.2) is 84.1 Å². The number of benzene rings is 3. The van der Waals surface area contributed by atoms with Gasteiger partial charge in [0, 0.05) is 22.7 Å². The molecule has 2 aliphatic rings. The number of rotatable bonds is 2. The Balaban J connectivity index is 1.62. The summed E-state index contributed by atoms with van der Waals surface area (Å²) in [6, 6.07) is 22.5. The standard InChI is InChI=1S/C25H21ClN2O2/c26-19-6-2-1-5-18(19)16-13-22-24(23(30)14-16)25(15-9-11-17(29)12-10-15)28-21-8-4-3-7-20(21)27-22/h1-12,16,25,27-29H,13-14H2. The van der Waals surface area contributed by atoms with Gasteiger partial charge >= 0.3 is 0 Å². The second-order valence-electron chi connectivity index (χ2n) is 7.78. The van der Waals surface area contributed by atoms with Crippen molar-refractivity contribution < 1.29 is 9.90 Å². The molecule has 0 fully saturated rings. The van der Waals surface area contributed by atoms with Gasteiger partial charge in [-0.3, -0.25) is 4.79 Å². The highest BCUT2D eigenvalue weighted by Gasteiger charge is 2.36. The Labute approximate surface area is 180 Å². The molecule has 0 bridgehead atoms. The predicted molar refractivity (Wildman–Crippen MR) is 120 cm³/mol. The maximum absolute atomic E-state index is 13.4. The predicted octanol–water partition coefficient (Wildman–Crippen LogP) is 6.03. The van der Waals surface area contributed by atoms with Gasteiger partial charge in [0.1, 0.15) is 5.75 Å². The number of carbonyl (C=O) groups excluding carboxylic acids is 1. The number of anilines is 2. The van der Waals surface area contributed by atoms with Crippen LogP contribution in [0.3, 0.4) is 0 Å². The molecule has 1 aliphatic carbocycles. The van der Waals surface area contributed by atoms with Gasteiger partial charge in [-0.05, 0) is 53.8 Å². The first kappa shape index (κ1) is 18.8. The van der Waals surface area contributed by atoms with Crippen LogP contribution >= 0.6 is 11.6 Å². The van der Waals surface area contributed by atoms with Crippen LogP contribution in [0, 0.1) is 0 Å². The van der Waals surface area contributed by atoms with Crippen molar-refractivity contribution in [3.05, 3.63) is 100 Å². The van der Waals surface area contributed by atoms with Gasteiger partial charge in [0.2, 0.25) is 0 Å². The average molecular weight is 417 g/mol. The van der Waals surface area contributed by atoms with Crippen LogP contribution < -0.4 is 10.6 Å². The molecule has 5 rings (SSSR count). The van der Waals surface area contributed by atoms with Crippen LogP contribution in [0.4, 0.5) is 11.4 Å². The van der Waals surface area contributed by atoms with Crippen LogP contribution in [0.5, 0.6) is 5.75 Å². The van der Waals surface area contributed by atoms with E-state index in [-0.39, 0.29) is 23.5 Å². The number of Topliss-reactive ketones (excluding diaryl/α,β-unsaturated/α-hetero) is 1. The van der Waals surface area contributed by atoms with Gasteiger partial charge in [-0.15, -0.1) is 0 Å². The Morgan fingerprint density at radius 1 is 0.867 bits per heavy atom. The molecule has 0 saturated carbocycles. The minimum absolute atomic E-state index is 0.0307. The molecule has 0 radical (unpaired) electrons. The van der Waals surface area contributed by atoms with Crippen molar-refractivity contribution in [1.82, 2.24) is 0 Å². The van der Waals surface area contributed by atoms with Gasteiger partial charge in [-0.1, -0.05) is 54.1 Å². The molecule has 0 spiro atoms. The van der Waals surface area contributed by atoms with E-state index in [2.05, 4.69) is 10.6 Å². The van der Waals surface area contributed by atoms with E-state index in [0.717, 1.165) is 33.8 Å². The Morgan fingerprint density at radius 2 is 1.57 bits per heavy atom. The first-order valence-electron chi connectivity index (χ1n) is 10.0. The highest BCUT2D eigenvalue weighted by molar-refractivity contribution is 6.31. The van der Waals surface area contributed by atoms with E-state index in [1.54, 1.807) is 12.1 Å². The maximum Gasteiger partial charge on any atom is 0.163 e. The molecule has 2 unspecified atom stereocenters. The van der Waals surface area contributed by atoms with Gasteiger partial charge in [0.25, 0.3) is 0 Å². The summed E-state index contributed by atoms with van der Waals surface area (Å²) in [5, 5.41) is 17.5. The van der Waals surface area contributed by atoms with Crippen molar-refractivity contribution in [2.24, 2.45) is 0 Å². The van der Waals surface area contributed by atoms with Crippen molar-refractivity contribution in [1.29, 1.82) is 0 Å². The van der Waals surface area contributed by atoms with Crippen LogP contribution in [0.1, 0.15) is 35.9 Å². The fourth-order valence-electron chi connectivity index (χ4n) is 4.44. The molecule has 3 aromatic rings. The molecule has 1 heterocycles. The first-order valence-corrected chi connectivity index (χ1v) is 10.4. The lowest BCUT2D eigenvalue weighted by molar-refractivity contribution is -0.116. The number of hydrogen-bond acceptors (Lipinski definition) is 4. The van der Waals surface area contributed by atoms with Crippen LogP contribution in [0.25, 0.3) is 0 Å². The summed E-state index contributed by atoms with van der Waals surface area (Å²) >= 11 is 6.45. The summed E-state index contributed by atoms with van der Waals surface area (Å²) in [7, 11) is 0. The monoisotopic (exact) mass is 416 g/mol. The normalized spacial score (nSPS) is 20.5. The number of hydrogen-bond donors (Lipinski definition) is 3. The fraction of sp³-hybridized carbons (Fsp3) is 0.160. The number of phenols is 1. The van der Waals surface area contributed by atoms with Crippen molar-refractivity contribution in [3.8, 4) is 5.75 Å². The van der Waals surface area contributed by atoms with Gasteiger partial charge in [-0.25, -0.2) is 0 Å². The van der Waals surface area contributed by atoms with Gasteiger partial charge < -0.3 is 15.7 Å². The number of para-hydroxylation sites is 2. The summed E-state index contributed by atoms with van der Waals surface area (Å²) in [6.45, 7) is 0. The summed E-state index contributed by atoms with van der Waals surface area (Å²) in [5.74, 6) is 0.337. The number of fused-ring (bicyclic) bond motifs is 1. The number of allylic oxidation sites excluding steroid dienone is 1. The molecular formula is C25H21ClN2O2. The summed E-state index contributed by atoms with van der Waals surface area (Å²) in [6.07, 6.45) is 1.12. The molecule has 2 atom stereocenters. The molecule has 1 aliphatic heterocycles. The second-order valence-corrected chi connectivity index (χ2v) is 8.19. The van der Waals surface area contributed by atoms with Crippen LogP contribution in [0.2, 0.25) is 5.02 Å². The zero-order chi connectivity index (χ0) is 20.7. The summed E-state index contributed by atoms with van der Waals surface area (Å²) < 4.78 is 0. The Kier molecular flexibility index (Phi) is 4.72. The number of phenolic OH excluding ortho intramolecular Hbond substituents is 1. The Morgan fingerprint density at radius 3 is 2.33 bits per heavy atom.